The van der Waals surface area contributed by atoms with E-state index < -0.39 is 0 Å². The third-order valence-electron chi connectivity index (χ3n) is 4.44. The summed E-state index contributed by atoms with van der Waals surface area (Å²) in [7, 11) is 0. The van der Waals surface area contributed by atoms with Gasteiger partial charge >= 0.3 is 0 Å². The van der Waals surface area contributed by atoms with Gasteiger partial charge in [0.15, 0.2) is 0 Å². The molecule has 0 aliphatic rings. The topological polar surface area (TPSA) is 106 Å². The molecule has 4 N–H and O–H groups in total. The quantitative estimate of drug-likeness (QED) is 0.290. The number of hydrogen-bond donors (Lipinski definition) is 3. The summed E-state index contributed by atoms with van der Waals surface area (Å²) in [5.41, 5.74) is 10.1. The number of benzene rings is 1. The van der Waals surface area contributed by atoms with Gasteiger partial charge in [-0.25, -0.2) is 9.97 Å². The molecule has 0 radical (unpaired) electrons. The van der Waals surface area contributed by atoms with Crippen molar-refractivity contribution in [2.75, 3.05) is 22.9 Å². The molecule has 156 valence electrons. The molecule has 1 aromatic carbocycles. The van der Waals surface area contributed by atoms with Gasteiger partial charge in [-0.15, -0.1) is 0 Å². The van der Waals surface area contributed by atoms with Crippen molar-refractivity contribution in [3.05, 3.63) is 97.0 Å². The highest BCUT2D eigenvalue weighted by molar-refractivity contribution is 6.05. The van der Waals surface area contributed by atoms with Crippen LogP contribution in [0, 0.1) is 0 Å². The molecule has 3 rings (SSSR count). The molecule has 31 heavy (non-hydrogen) atoms. The number of amides is 1. The van der Waals surface area contributed by atoms with Gasteiger partial charge in [-0.3, -0.25) is 9.78 Å². The van der Waals surface area contributed by atoms with Crippen molar-refractivity contribution in [1.29, 1.82) is 0 Å². The van der Waals surface area contributed by atoms with Crippen molar-refractivity contribution in [2.24, 2.45) is 0 Å². The first-order chi connectivity index (χ1) is 15.1. The number of carbonyl (C=O) groups is 1. The molecule has 0 aliphatic heterocycles. The third-order valence-corrected chi connectivity index (χ3v) is 4.44. The van der Waals surface area contributed by atoms with Crippen LogP contribution < -0.4 is 16.4 Å². The first-order valence-corrected chi connectivity index (χ1v) is 9.70. The molecule has 7 heteroatoms. The predicted octanol–water partition coefficient (Wildman–Crippen LogP) is 4.23. The van der Waals surface area contributed by atoms with E-state index in [0.29, 0.717) is 29.4 Å². The molecule has 0 unspecified atom stereocenters. The molecule has 2 heterocycles. The predicted molar refractivity (Wildman–Crippen MR) is 125 cm³/mol. The molecular weight excluding hydrogens is 388 g/mol. The largest absolute Gasteiger partial charge is 0.397 e. The Morgan fingerprint density at radius 3 is 2.71 bits per heavy atom. The monoisotopic (exact) mass is 412 g/mol. The summed E-state index contributed by atoms with van der Waals surface area (Å²) >= 11 is 0. The van der Waals surface area contributed by atoms with E-state index in [4.69, 9.17) is 5.73 Å². The number of allylic oxidation sites excluding steroid dienone is 2. The minimum absolute atomic E-state index is 0.224. The normalized spacial score (nSPS) is 11.6. The third kappa shape index (κ3) is 6.11. The number of rotatable bonds is 8. The van der Waals surface area contributed by atoms with E-state index in [1.807, 2.05) is 36.4 Å². The van der Waals surface area contributed by atoms with E-state index >= 15 is 0 Å². The van der Waals surface area contributed by atoms with Crippen LogP contribution in [0.2, 0.25) is 0 Å². The molecule has 1 amide bonds. The van der Waals surface area contributed by atoms with Crippen molar-refractivity contribution in [1.82, 2.24) is 15.0 Å². The Morgan fingerprint density at radius 1 is 1.13 bits per heavy atom. The van der Waals surface area contributed by atoms with Gasteiger partial charge in [-0.2, -0.15) is 0 Å². The zero-order chi connectivity index (χ0) is 22.1. The Balaban J connectivity index is 1.63. The number of nitrogens with two attached hydrogens (primary N) is 1. The van der Waals surface area contributed by atoms with E-state index in [1.54, 1.807) is 49.8 Å². The number of aromatic nitrogens is 3. The first kappa shape index (κ1) is 21.4. The highest BCUT2D eigenvalue weighted by Crippen LogP contribution is 2.18. The number of carbonyl (C=O) groups excluding carboxylic acids is 1. The molecular formula is C24H24N6O. The van der Waals surface area contributed by atoms with Gasteiger partial charge < -0.3 is 16.4 Å². The minimum Gasteiger partial charge on any atom is -0.397 e. The van der Waals surface area contributed by atoms with Gasteiger partial charge in [0.05, 0.1) is 17.1 Å². The molecule has 0 aliphatic carbocycles. The van der Waals surface area contributed by atoms with E-state index in [-0.39, 0.29) is 5.91 Å². The number of nitrogens with zero attached hydrogens (tertiary/aromatic N) is 3. The van der Waals surface area contributed by atoms with Crippen LogP contribution in [0.15, 0.2) is 97.0 Å². The number of nitrogen functional groups attached to an aromatic ring is 1. The number of anilines is 3. The van der Waals surface area contributed by atoms with E-state index in [1.165, 1.54) is 0 Å². The van der Waals surface area contributed by atoms with Crippen molar-refractivity contribution in [3.63, 3.8) is 0 Å². The van der Waals surface area contributed by atoms with Gasteiger partial charge in [0, 0.05) is 36.3 Å². The Kier molecular flexibility index (Phi) is 7.26. The fourth-order valence-electron chi connectivity index (χ4n) is 2.64. The lowest BCUT2D eigenvalue weighted by atomic mass is 10.2. The minimum atomic E-state index is -0.224. The van der Waals surface area contributed by atoms with Crippen molar-refractivity contribution in [2.45, 2.75) is 6.92 Å². The molecule has 3 aromatic rings. The molecule has 0 saturated heterocycles. The summed E-state index contributed by atoms with van der Waals surface area (Å²) in [5.74, 6) is 0.269. The second-order valence-electron chi connectivity index (χ2n) is 6.70. The maximum Gasteiger partial charge on any atom is 0.251 e. The molecule has 0 bridgehead atoms. The van der Waals surface area contributed by atoms with E-state index in [9.17, 15) is 4.79 Å². The fraction of sp³-hybridized carbons (Fsp3) is 0.0833. The van der Waals surface area contributed by atoms with Crippen LogP contribution >= 0.6 is 0 Å². The summed E-state index contributed by atoms with van der Waals surface area (Å²) in [6, 6.07) is 12.8. The zero-order valence-electron chi connectivity index (χ0n) is 17.2. The molecule has 7 nitrogen and oxygen atoms in total. The summed E-state index contributed by atoms with van der Waals surface area (Å²) in [6.07, 6.45) is 10.4. The van der Waals surface area contributed by atoms with Crippen LogP contribution in [0.4, 0.5) is 17.3 Å². The second kappa shape index (κ2) is 10.5. The van der Waals surface area contributed by atoms with Crippen LogP contribution in [0.1, 0.15) is 6.92 Å². The number of hydrogen-bond acceptors (Lipinski definition) is 6. The summed E-state index contributed by atoms with van der Waals surface area (Å²) < 4.78 is 0. The van der Waals surface area contributed by atoms with Crippen LogP contribution in [0.5, 0.6) is 0 Å². The van der Waals surface area contributed by atoms with Crippen molar-refractivity contribution >= 4 is 23.2 Å². The van der Waals surface area contributed by atoms with Gasteiger partial charge in [0.1, 0.15) is 0 Å². The SMILES string of the molecule is C=C/C(=C\C=C(/C)C(=O)Nc1ccccc1N)CNc1nccc(-c2cccnc2)n1. The molecule has 0 spiro atoms. The van der Waals surface area contributed by atoms with E-state index in [0.717, 1.165) is 16.8 Å². The Labute approximate surface area is 181 Å². The first-order valence-electron chi connectivity index (χ1n) is 9.70. The lowest BCUT2D eigenvalue weighted by Crippen LogP contribution is -2.13. The van der Waals surface area contributed by atoms with Crippen LogP contribution in [0.3, 0.4) is 0 Å². The van der Waals surface area contributed by atoms with Crippen molar-refractivity contribution in [3.8, 4) is 11.3 Å². The average Bonchev–Trinajstić information content (AvgIpc) is 2.81. The van der Waals surface area contributed by atoms with Crippen LogP contribution in [-0.2, 0) is 4.79 Å². The lowest BCUT2D eigenvalue weighted by Gasteiger charge is -2.08. The number of pyridine rings is 1. The van der Waals surface area contributed by atoms with E-state index in [2.05, 4.69) is 32.2 Å². The molecule has 0 saturated carbocycles. The Hall–Kier alpha value is -4.26. The summed E-state index contributed by atoms with van der Waals surface area (Å²) in [5, 5.41) is 5.98. The molecule has 2 aromatic heterocycles. The maximum absolute atomic E-state index is 12.4. The average molecular weight is 412 g/mol. The van der Waals surface area contributed by atoms with Gasteiger partial charge in [0.2, 0.25) is 5.95 Å². The fourth-order valence-corrected chi connectivity index (χ4v) is 2.64. The second-order valence-corrected chi connectivity index (χ2v) is 6.70. The van der Waals surface area contributed by atoms with Gasteiger partial charge in [-0.1, -0.05) is 36.9 Å². The standard InChI is InChI=1S/C24H24N6O/c1-3-18(11-10-17(2)23(31)29-22-9-5-4-8-20(22)25)15-28-24-27-14-12-21(30-24)19-7-6-13-26-16-19/h3-14,16H,1,15,25H2,2H3,(H,29,31)(H,27,28,30)/b17-10+,18-11+. The maximum atomic E-state index is 12.4. The zero-order valence-corrected chi connectivity index (χ0v) is 17.2. The van der Waals surface area contributed by atoms with Crippen LogP contribution in [0.25, 0.3) is 11.3 Å². The van der Waals surface area contributed by atoms with Gasteiger partial charge in [-0.05, 0) is 42.8 Å². The van der Waals surface area contributed by atoms with Gasteiger partial charge in [0.25, 0.3) is 5.91 Å². The highest BCUT2D eigenvalue weighted by atomic mass is 16.1. The lowest BCUT2D eigenvalue weighted by molar-refractivity contribution is -0.112. The van der Waals surface area contributed by atoms with Crippen LogP contribution in [-0.4, -0.2) is 27.4 Å². The van der Waals surface area contributed by atoms with Crippen molar-refractivity contribution < 1.29 is 4.79 Å². The molecule has 0 atom stereocenters. The highest BCUT2D eigenvalue weighted by Gasteiger charge is 2.06. The summed E-state index contributed by atoms with van der Waals surface area (Å²) in [4.78, 5) is 25.3. The number of para-hydroxylation sites is 2. The smallest absolute Gasteiger partial charge is 0.251 e. The molecule has 0 fully saturated rings. The number of nitrogens with one attached hydrogen (secondary N) is 2. The summed E-state index contributed by atoms with van der Waals surface area (Å²) in [6.45, 7) is 6.03. The Bertz CT molecular complexity index is 1120. The Morgan fingerprint density at radius 2 is 1.97 bits per heavy atom.